The van der Waals surface area contributed by atoms with Gasteiger partial charge in [-0.05, 0) is 12.1 Å². The molecular formula is C16H18N4O4S. The van der Waals surface area contributed by atoms with Crippen LogP contribution < -0.4 is 0 Å². The molecule has 132 valence electrons. The molecule has 1 aromatic heterocycles. The van der Waals surface area contributed by atoms with E-state index in [2.05, 4.69) is 4.98 Å². The largest absolute Gasteiger partial charge is 0.296 e. The zero-order chi connectivity index (χ0) is 17.9. The fourth-order valence-corrected chi connectivity index (χ4v) is 4.23. The molecule has 9 heteroatoms. The Morgan fingerprint density at radius 2 is 1.80 bits per heavy atom. The Morgan fingerprint density at radius 1 is 1.08 bits per heavy atom. The highest BCUT2D eigenvalue weighted by molar-refractivity contribution is 7.89. The van der Waals surface area contributed by atoms with Gasteiger partial charge in [-0.2, -0.15) is 4.31 Å². The molecule has 0 amide bonds. The van der Waals surface area contributed by atoms with Crippen molar-refractivity contribution in [2.75, 3.05) is 26.2 Å². The summed E-state index contributed by atoms with van der Waals surface area (Å²) in [5.74, 6) is 0. The Bertz CT molecular complexity index is 849. The Labute approximate surface area is 145 Å². The van der Waals surface area contributed by atoms with E-state index in [1.54, 1.807) is 24.3 Å². The molecular weight excluding hydrogens is 344 g/mol. The molecule has 0 radical (unpaired) electrons. The van der Waals surface area contributed by atoms with Crippen molar-refractivity contribution < 1.29 is 13.3 Å². The normalized spacial score (nSPS) is 16.6. The predicted molar refractivity (Wildman–Crippen MR) is 91.4 cm³/mol. The van der Waals surface area contributed by atoms with Crippen LogP contribution in [0.5, 0.6) is 0 Å². The first-order valence-corrected chi connectivity index (χ1v) is 9.27. The molecule has 0 aliphatic carbocycles. The van der Waals surface area contributed by atoms with Gasteiger partial charge in [0.2, 0.25) is 10.0 Å². The second-order valence-electron chi connectivity index (χ2n) is 5.75. The molecule has 1 aliphatic rings. The van der Waals surface area contributed by atoms with E-state index in [0.717, 1.165) is 0 Å². The van der Waals surface area contributed by atoms with Gasteiger partial charge in [0.05, 0.1) is 4.92 Å². The third-order valence-electron chi connectivity index (χ3n) is 4.19. The number of nitro groups is 1. The highest BCUT2D eigenvalue weighted by Crippen LogP contribution is 2.21. The number of hydrogen-bond acceptors (Lipinski definition) is 6. The molecule has 2 heterocycles. The molecule has 1 fully saturated rings. The lowest BCUT2D eigenvalue weighted by molar-refractivity contribution is -0.385. The first kappa shape index (κ1) is 17.5. The molecule has 0 unspecified atom stereocenters. The van der Waals surface area contributed by atoms with E-state index in [-0.39, 0.29) is 10.6 Å². The van der Waals surface area contributed by atoms with Gasteiger partial charge in [-0.15, -0.1) is 0 Å². The van der Waals surface area contributed by atoms with E-state index in [9.17, 15) is 18.5 Å². The van der Waals surface area contributed by atoms with Crippen molar-refractivity contribution in [2.45, 2.75) is 11.4 Å². The molecule has 0 saturated carbocycles. The van der Waals surface area contributed by atoms with E-state index >= 15 is 0 Å². The minimum atomic E-state index is -3.54. The van der Waals surface area contributed by atoms with Crippen LogP contribution in [0.2, 0.25) is 0 Å². The fraction of sp³-hybridized carbons (Fsp3) is 0.312. The van der Waals surface area contributed by atoms with Crippen LogP contribution in [0.4, 0.5) is 5.69 Å². The van der Waals surface area contributed by atoms with Crippen LogP contribution in [0.1, 0.15) is 5.56 Å². The third kappa shape index (κ3) is 3.84. The number of rotatable bonds is 5. The van der Waals surface area contributed by atoms with Gasteiger partial charge in [-0.3, -0.25) is 20.0 Å². The molecule has 0 N–H and O–H groups in total. The monoisotopic (exact) mass is 362 g/mol. The van der Waals surface area contributed by atoms with Crippen molar-refractivity contribution in [1.29, 1.82) is 0 Å². The number of hydrogen-bond donors (Lipinski definition) is 0. The molecule has 0 spiro atoms. The number of benzene rings is 1. The lowest BCUT2D eigenvalue weighted by atomic mass is 10.1. The van der Waals surface area contributed by atoms with Gasteiger partial charge in [-0.25, -0.2) is 8.42 Å². The fourth-order valence-electron chi connectivity index (χ4n) is 2.84. The third-order valence-corrected chi connectivity index (χ3v) is 6.07. The van der Waals surface area contributed by atoms with Crippen LogP contribution in [-0.2, 0) is 16.6 Å². The summed E-state index contributed by atoms with van der Waals surface area (Å²) in [6.45, 7) is 2.16. The van der Waals surface area contributed by atoms with Gasteiger partial charge in [-0.1, -0.05) is 18.2 Å². The molecule has 2 aromatic rings. The summed E-state index contributed by atoms with van der Waals surface area (Å²) in [5.41, 5.74) is 0.726. The molecule has 1 aromatic carbocycles. The Morgan fingerprint density at radius 3 is 2.44 bits per heavy atom. The van der Waals surface area contributed by atoms with Crippen molar-refractivity contribution in [2.24, 2.45) is 0 Å². The second kappa shape index (κ2) is 7.26. The number of pyridine rings is 1. The summed E-state index contributed by atoms with van der Waals surface area (Å²) < 4.78 is 26.6. The summed E-state index contributed by atoms with van der Waals surface area (Å²) in [4.78, 5) is 16.8. The van der Waals surface area contributed by atoms with Gasteiger partial charge >= 0.3 is 0 Å². The van der Waals surface area contributed by atoms with Crippen molar-refractivity contribution in [3.63, 3.8) is 0 Å². The van der Waals surface area contributed by atoms with E-state index < -0.39 is 14.9 Å². The molecule has 8 nitrogen and oxygen atoms in total. The van der Waals surface area contributed by atoms with Crippen molar-refractivity contribution >= 4 is 15.7 Å². The maximum atomic E-state index is 12.6. The SMILES string of the molecule is O=[N+]([O-])c1ccccc1CN1CCN(S(=O)(=O)c2cccnc2)CC1. The predicted octanol–water partition coefficient (Wildman–Crippen LogP) is 1.50. The highest BCUT2D eigenvalue weighted by Gasteiger charge is 2.29. The summed E-state index contributed by atoms with van der Waals surface area (Å²) in [5, 5.41) is 11.1. The molecule has 1 aliphatic heterocycles. The number of piperazine rings is 1. The first-order valence-electron chi connectivity index (χ1n) is 7.83. The second-order valence-corrected chi connectivity index (χ2v) is 7.69. The van der Waals surface area contributed by atoms with E-state index in [1.165, 1.54) is 28.8 Å². The standard InChI is InChI=1S/C16H18N4O4S/c21-20(22)16-6-2-1-4-14(16)13-18-8-10-19(11-9-18)25(23,24)15-5-3-7-17-12-15/h1-7,12H,8-11,13H2. The summed E-state index contributed by atoms with van der Waals surface area (Å²) >= 11 is 0. The topological polar surface area (TPSA) is 96.6 Å². The smallest absolute Gasteiger partial charge is 0.273 e. The van der Waals surface area contributed by atoms with Gasteiger partial charge in [0.25, 0.3) is 5.69 Å². The number of aromatic nitrogens is 1. The summed E-state index contributed by atoms with van der Waals surface area (Å²) in [7, 11) is -3.54. The highest BCUT2D eigenvalue weighted by atomic mass is 32.2. The van der Waals surface area contributed by atoms with Crippen molar-refractivity contribution in [3.05, 3.63) is 64.5 Å². The zero-order valence-electron chi connectivity index (χ0n) is 13.5. The van der Waals surface area contributed by atoms with Crippen LogP contribution in [0.15, 0.2) is 53.7 Å². The number of sulfonamides is 1. The average Bonchev–Trinajstić information content (AvgIpc) is 2.63. The quantitative estimate of drug-likeness (QED) is 0.591. The van der Waals surface area contributed by atoms with Gasteiger partial charge < -0.3 is 0 Å². The lowest BCUT2D eigenvalue weighted by Crippen LogP contribution is -2.48. The summed E-state index contributed by atoms with van der Waals surface area (Å²) in [6, 6.07) is 9.75. The first-order chi connectivity index (χ1) is 12.0. The van der Waals surface area contributed by atoms with Crippen LogP contribution in [-0.4, -0.2) is 53.7 Å². The van der Waals surface area contributed by atoms with Crippen LogP contribution in [0.25, 0.3) is 0 Å². The maximum Gasteiger partial charge on any atom is 0.273 e. The number of nitrogens with zero attached hydrogens (tertiary/aromatic N) is 4. The van der Waals surface area contributed by atoms with Gasteiger partial charge in [0.15, 0.2) is 0 Å². The Hall–Kier alpha value is -2.36. The lowest BCUT2D eigenvalue weighted by Gasteiger charge is -2.33. The number of para-hydroxylation sites is 1. The van der Waals surface area contributed by atoms with Crippen LogP contribution in [0.3, 0.4) is 0 Å². The molecule has 1 saturated heterocycles. The van der Waals surface area contributed by atoms with Crippen molar-refractivity contribution in [1.82, 2.24) is 14.2 Å². The maximum absolute atomic E-state index is 12.6. The van der Waals surface area contributed by atoms with Crippen LogP contribution >= 0.6 is 0 Å². The Balaban J connectivity index is 1.66. The average molecular weight is 362 g/mol. The van der Waals surface area contributed by atoms with E-state index in [4.69, 9.17) is 0 Å². The van der Waals surface area contributed by atoms with Gasteiger partial charge in [0, 0.05) is 56.7 Å². The zero-order valence-corrected chi connectivity index (χ0v) is 14.3. The van der Waals surface area contributed by atoms with Crippen LogP contribution in [0, 0.1) is 10.1 Å². The van der Waals surface area contributed by atoms with E-state index in [1.807, 2.05) is 4.90 Å². The minimum absolute atomic E-state index is 0.0907. The Kier molecular flexibility index (Phi) is 5.07. The molecule has 0 atom stereocenters. The van der Waals surface area contributed by atoms with E-state index in [0.29, 0.717) is 38.3 Å². The minimum Gasteiger partial charge on any atom is -0.296 e. The van der Waals surface area contributed by atoms with Crippen molar-refractivity contribution in [3.8, 4) is 0 Å². The van der Waals surface area contributed by atoms with Gasteiger partial charge in [0.1, 0.15) is 4.90 Å². The molecule has 0 bridgehead atoms. The number of nitro benzene ring substituents is 1. The summed E-state index contributed by atoms with van der Waals surface area (Å²) in [6.07, 6.45) is 2.87. The molecule has 25 heavy (non-hydrogen) atoms. The molecule has 3 rings (SSSR count).